The molecule has 0 amide bonds. The number of hydrogen-bond donors (Lipinski definition) is 3. The molecule has 0 aliphatic carbocycles. The van der Waals surface area contributed by atoms with Gasteiger partial charge in [-0.05, 0) is 67.7 Å². The summed E-state index contributed by atoms with van der Waals surface area (Å²) in [6.45, 7) is 3.43. The quantitative estimate of drug-likeness (QED) is 0.328. The summed E-state index contributed by atoms with van der Waals surface area (Å²) in [5.41, 5.74) is 3.66. The summed E-state index contributed by atoms with van der Waals surface area (Å²) in [4.78, 5) is 9.38. The van der Waals surface area contributed by atoms with Crippen LogP contribution in [0.15, 0.2) is 54.7 Å². The van der Waals surface area contributed by atoms with Crippen LogP contribution in [0.25, 0.3) is 22.3 Å². The minimum absolute atomic E-state index is 0.247. The van der Waals surface area contributed by atoms with Gasteiger partial charge in [-0.3, -0.25) is 0 Å². The van der Waals surface area contributed by atoms with Crippen LogP contribution in [0, 0.1) is 5.92 Å². The third-order valence-electron chi connectivity index (χ3n) is 6.08. The number of aromatic hydroxyl groups is 1. The average Bonchev–Trinajstić information content (AvgIpc) is 3.16. The lowest BCUT2D eigenvalue weighted by Crippen LogP contribution is -2.32. The van der Waals surface area contributed by atoms with Crippen LogP contribution in [0.4, 0.5) is 5.95 Å². The molecule has 0 saturated carbocycles. The van der Waals surface area contributed by atoms with Crippen LogP contribution in [-0.4, -0.2) is 32.7 Å². The van der Waals surface area contributed by atoms with Crippen LogP contribution in [0.3, 0.4) is 0 Å². The molecule has 1 aliphatic heterocycles. The second-order valence-corrected chi connectivity index (χ2v) is 9.26. The molecular weight excluding hydrogens is 457 g/mol. The Morgan fingerprint density at radius 2 is 1.91 bits per heavy atom. The molecular formula is C25H25Cl2N5O. The molecule has 1 atom stereocenters. The second kappa shape index (κ2) is 9.59. The van der Waals surface area contributed by atoms with E-state index in [2.05, 4.69) is 26.3 Å². The van der Waals surface area contributed by atoms with E-state index in [-0.39, 0.29) is 5.75 Å². The molecule has 170 valence electrons. The first-order chi connectivity index (χ1) is 16.1. The van der Waals surface area contributed by atoms with E-state index in [0.717, 1.165) is 47.5 Å². The van der Waals surface area contributed by atoms with E-state index >= 15 is 0 Å². The Balaban J connectivity index is 1.53. The Kier molecular flexibility index (Phi) is 6.40. The molecule has 3 N–H and O–H groups in total. The number of nitrogens with one attached hydrogen (secondary N) is 2. The van der Waals surface area contributed by atoms with E-state index in [1.165, 1.54) is 12.8 Å². The molecule has 6 nitrogen and oxygen atoms in total. The first-order valence-electron chi connectivity index (χ1n) is 11.1. The highest BCUT2D eigenvalue weighted by atomic mass is 35.5. The highest BCUT2D eigenvalue weighted by Crippen LogP contribution is 2.38. The van der Waals surface area contributed by atoms with E-state index in [1.54, 1.807) is 12.1 Å². The van der Waals surface area contributed by atoms with Gasteiger partial charge < -0.3 is 20.3 Å². The fraction of sp³-hybridized carbons (Fsp3) is 0.280. The van der Waals surface area contributed by atoms with Crippen LogP contribution in [0.5, 0.6) is 5.75 Å². The summed E-state index contributed by atoms with van der Waals surface area (Å²) in [5.74, 6) is 1.29. The standard InChI is InChI=1S/C25H25Cl2N5O/c26-20-4-1-5-21(27)23(20)22-11-18-14-30-25(29-13-16-6-8-19(33)9-7-16)31-24(18)32(22)15-17-3-2-10-28-12-17/h1,4-9,11,14,17,28,33H,2-3,10,12-13,15H2,(H,29,30,31). The SMILES string of the molecule is Oc1ccc(CNc2ncc3cc(-c4c(Cl)cccc4Cl)n(CC4CCCNC4)c3n2)cc1. The molecule has 2 aromatic carbocycles. The lowest BCUT2D eigenvalue weighted by atomic mass is 9.99. The van der Waals surface area contributed by atoms with E-state index in [1.807, 2.05) is 36.5 Å². The Bertz CT molecular complexity index is 1250. The number of nitrogens with zero attached hydrogens (tertiary/aromatic N) is 3. The largest absolute Gasteiger partial charge is 0.508 e. The Morgan fingerprint density at radius 3 is 2.64 bits per heavy atom. The highest BCUT2D eigenvalue weighted by molar-refractivity contribution is 6.39. The molecule has 4 aromatic rings. The van der Waals surface area contributed by atoms with Gasteiger partial charge in [-0.2, -0.15) is 4.98 Å². The van der Waals surface area contributed by atoms with Crippen molar-refractivity contribution in [2.75, 3.05) is 18.4 Å². The molecule has 5 rings (SSSR count). The average molecular weight is 482 g/mol. The van der Waals surface area contributed by atoms with Crippen molar-refractivity contribution in [3.63, 3.8) is 0 Å². The Hall–Kier alpha value is -2.80. The monoisotopic (exact) mass is 481 g/mol. The zero-order valence-electron chi connectivity index (χ0n) is 18.1. The lowest BCUT2D eigenvalue weighted by Gasteiger charge is -2.24. The normalized spacial score (nSPS) is 16.2. The second-order valence-electron chi connectivity index (χ2n) is 8.44. The number of phenolic OH excluding ortho intramolecular Hbond substituents is 1. The summed E-state index contributed by atoms with van der Waals surface area (Å²) in [6, 6.07) is 14.7. The van der Waals surface area contributed by atoms with Gasteiger partial charge in [0.2, 0.25) is 5.95 Å². The fourth-order valence-corrected chi connectivity index (χ4v) is 4.98. The molecule has 0 radical (unpaired) electrons. The number of fused-ring (bicyclic) bond motifs is 1. The minimum Gasteiger partial charge on any atom is -0.508 e. The molecule has 1 saturated heterocycles. The maximum atomic E-state index is 9.49. The van der Waals surface area contributed by atoms with Gasteiger partial charge in [0.15, 0.2) is 0 Å². The van der Waals surface area contributed by atoms with Crippen LogP contribution in [-0.2, 0) is 13.1 Å². The predicted octanol–water partition coefficient (Wildman–Crippen LogP) is 5.72. The van der Waals surface area contributed by atoms with Gasteiger partial charge in [0, 0.05) is 30.2 Å². The number of hydrogen-bond acceptors (Lipinski definition) is 5. The smallest absolute Gasteiger partial charge is 0.224 e. The number of halogens is 2. The van der Waals surface area contributed by atoms with Crippen molar-refractivity contribution < 1.29 is 5.11 Å². The molecule has 3 heterocycles. The summed E-state index contributed by atoms with van der Waals surface area (Å²) in [6.07, 6.45) is 4.17. The van der Waals surface area contributed by atoms with Crippen molar-refractivity contribution in [1.82, 2.24) is 19.9 Å². The van der Waals surface area contributed by atoms with Gasteiger partial charge in [0.05, 0.1) is 15.7 Å². The van der Waals surface area contributed by atoms with E-state index in [0.29, 0.717) is 28.5 Å². The number of anilines is 1. The van der Waals surface area contributed by atoms with Crippen LogP contribution in [0.1, 0.15) is 18.4 Å². The van der Waals surface area contributed by atoms with Crippen molar-refractivity contribution in [3.05, 3.63) is 70.3 Å². The van der Waals surface area contributed by atoms with Crippen molar-refractivity contribution in [1.29, 1.82) is 0 Å². The molecule has 2 aromatic heterocycles. The van der Waals surface area contributed by atoms with Crippen molar-refractivity contribution in [3.8, 4) is 17.0 Å². The molecule has 8 heteroatoms. The van der Waals surface area contributed by atoms with Crippen molar-refractivity contribution in [2.45, 2.75) is 25.9 Å². The van der Waals surface area contributed by atoms with E-state index in [4.69, 9.17) is 28.2 Å². The zero-order valence-corrected chi connectivity index (χ0v) is 19.6. The highest BCUT2D eigenvalue weighted by Gasteiger charge is 2.21. The maximum Gasteiger partial charge on any atom is 0.224 e. The Labute approximate surface area is 202 Å². The van der Waals surface area contributed by atoms with Gasteiger partial charge in [-0.1, -0.05) is 41.4 Å². The van der Waals surface area contributed by atoms with Crippen LogP contribution in [0.2, 0.25) is 10.0 Å². The topological polar surface area (TPSA) is 75.0 Å². The zero-order chi connectivity index (χ0) is 22.8. The van der Waals surface area contributed by atoms with E-state index in [9.17, 15) is 5.11 Å². The van der Waals surface area contributed by atoms with Crippen LogP contribution < -0.4 is 10.6 Å². The molecule has 1 aliphatic rings. The molecule has 0 spiro atoms. The van der Waals surface area contributed by atoms with Crippen molar-refractivity contribution in [2.24, 2.45) is 5.92 Å². The number of piperidine rings is 1. The van der Waals surface area contributed by atoms with Gasteiger partial charge in [-0.15, -0.1) is 0 Å². The number of benzene rings is 2. The summed E-state index contributed by atoms with van der Waals surface area (Å²) < 4.78 is 2.23. The number of aromatic nitrogens is 3. The predicted molar refractivity (Wildman–Crippen MR) is 134 cm³/mol. The summed E-state index contributed by atoms with van der Waals surface area (Å²) in [5, 5.41) is 18.5. The summed E-state index contributed by atoms with van der Waals surface area (Å²) in [7, 11) is 0. The molecule has 1 fully saturated rings. The fourth-order valence-electron chi connectivity index (χ4n) is 4.39. The van der Waals surface area contributed by atoms with Crippen LogP contribution >= 0.6 is 23.2 Å². The van der Waals surface area contributed by atoms with E-state index < -0.39 is 0 Å². The maximum absolute atomic E-state index is 9.49. The van der Waals surface area contributed by atoms with Crippen molar-refractivity contribution >= 4 is 40.2 Å². The molecule has 33 heavy (non-hydrogen) atoms. The first-order valence-corrected chi connectivity index (χ1v) is 11.9. The molecule has 0 bridgehead atoms. The summed E-state index contributed by atoms with van der Waals surface area (Å²) >= 11 is 13.2. The minimum atomic E-state index is 0.247. The first kappa shape index (κ1) is 22.0. The van der Waals surface area contributed by atoms with Gasteiger partial charge in [0.1, 0.15) is 11.4 Å². The number of phenols is 1. The lowest BCUT2D eigenvalue weighted by molar-refractivity contribution is 0.341. The third-order valence-corrected chi connectivity index (χ3v) is 6.71. The van der Waals surface area contributed by atoms with Gasteiger partial charge >= 0.3 is 0 Å². The Morgan fingerprint density at radius 1 is 1.12 bits per heavy atom. The number of rotatable bonds is 6. The molecule has 1 unspecified atom stereocenters. The van der Waals surface area contributed by atoms with Gasteiger partial charge in [-0.25, -0.2) is 4.98 Å². The third kappa shape index (κ3) is 4.78. The van der Waals surface area contributed by atoms with Gasteiger partial charge in [0.25, 0.3) is 0 Å².